The van der Waals surface area contributed by atoms with E-state index in [-0.39, 0.29) is 42.9 Å². The van der Waals surface area contributed by atoms with Gasteiger partial charge in [-0.1, -0.05) is 19.9 Å². The number of hydrogen-bond acceptors (Lipinski definition) is 5. The van der Waals surface area contributed by atoms with Gasteiger partial charge in [-0.25, -0.2) is 13.7 Å². The average Bonchev–Trinajstić information content (AvgIpc) is 3.13. The zero-order chi connectivity index (χ0) is 24.8. The first-order valence-electron chi connectivity index (χ1n) is 10.7. The maximum atomic E-state index is 13.9. The molecule has 0 aliphatic carbocycles. The number of fused-ring (bicyclic) bond motifs is 2. The highest BCUT2D eigenvalue weighted by atomic mass is 19.1. The van der Waals surface area contributed by atoms with Crippen molar-refractivity contribution in [2.24, 2.45) is 5.92 Å². The zero-order valence-corrected chi connectivity index (χ0v) is 18.5. The maximum absolute atomic E-state index is 13.9. The van der Waals surface area contributed by atoms with E-state index in [4.69, 9.17) is 11.3 Å². The van der Waals surface area contributed by atoms with Crippen LogP contribution in [0.15, 0.2) is 29.2 Å². The molecule has 2 atom stereocenters. The summed E-state index contributed by atoms with van der Waals surface area (Å²) in [6, 6.07) is 2.50. The van der Waals surface area contributed by atoms with E-state index in [2.05, 4.69) is 10.2 Å². The van der Waals surface area contributed by atoms with Gasteiger partial charge in [-0.05, 0) is 23.3 Å². The molecule has 9 nitrogen and oxygen atoms in total. The highest BCUT2D eigenvalue weighted by molar-refractivity contribution is 5.99. The van der Waals surface area contributed by atoms with Crippen LogP contribution in [-0.4, -0.2) is 44.9 Å². The Morgan fingerprint density at radius 1 is 1.38 bits per heavy atom. The van der Waals surface area contributed by atoms with Crippen molar-refractivity contribution in [2.45, 2.75) is 45.2 Å². The second kappa shape index (κ2) is 8.53. The third-order valence-corrected chi connectivity index (χ3v) is 5.95. The van der Waals surface area contributed by atoms with E-state index in [0.717, 1.165) is 18.3 Å². The van der Waals surface area contributed by atoms with Gasteiger partial charge in [0.1, 0.15) is 17.2 Å². The van der Waals surface area contributed by atoms with Gasteiger partial charge in [-0.2, -0.15) is 0 Å². The van der Waals surface area contributed by atoms with Crippen LogP contribution in [0.2, 0.25) is 0 Å². The van der Waals surface area contributed by atoms with Crippen LogP contribution in [-0.2, 0) is 17.8 Å². The molecule has 178 valence electrons. The van der Waals surface area contributed by atoms with Gasteiger partial charge in [0.25, 0.3) is 18.4 Å². The first-order chi connectivity index (χ1) is 16.1. The van der Waals surface area contributed by atoms with Crippen molar-refractivity contribution in [3.63, 3.8) is 0 Å². The fourth-order valence-electron chi connectivity index (χ4n) is 4.40. The summed E-state index contributed by atoms with van der Waals surface area (Å²) in [6.45, 7) is 9.26. The van der Waals surface area contributed by atoms with Crippen molar-refractivity contribution in [1.29, 1.82) is 0 Å². The summed E-state index contributed by atoms with van der Waals surface area (Å²) in [6.07, 6.45) is 1.70. The summed E-state index contributed by atoms with van der Waals surface area (Å²) in [7, 11) is 0. The number of nitrogens with zero attached hydrogens (tertiary/aromatic N) is 3. The molecule has 2 amide bonds. The second-order valence-electron chi connectivity index (χ2n) is 8.76. The number of ether oxygens (including phenoxy) is 1. The second-order valence-corrected chi connectivity index (χ2v) is 8.76. The van der Waals surface area contributed by atoms with Gasteiger partial charge >= 0.3 is 5.85 Å². The lowest BCUT2D eigenvalue weighted by molar-refractivity contribution is -0.0546. The van der Waals surface area contributed by atoms with Crippen molar-refractivity contribution >= 4 is 11.8 Å². The number of amides is 2. The average molecular weight is 473 g/mol. The topological polar surface area (TPSA) is 105 Å². The smallest absolute Gasteiger partial charge is 0.489 e. The molecule has 34 heavy (non-hydrogen) atoms. The molecule has 1 aromatic carbocycles. The summed E-state index contributed by atoms with van der Waals surface area (Å²) in [5.41, 5.74) is -1.84. The van der Waals surface area contributed by atoms with Crippen molar-refractivity contribution < 1.29 is 28.2 Å². The Hall–Kier alpha value is -3.78. The van der Waals surface area contributed by atoms with E-state index in [0.29, 0.717) is 12.5 Å². The number of nitrogens with one attached hydrogen (secondary N) is 1. The SMILES string of the molecule is C#[N+][C@]12Cn3cc(C(=O)NCc4ccc(F)cc4F)c(=O)c(O)c3C(=O)N1[C@H](CC(C)C)CO2. The van der Waals surface area contributed by atoms with Gasteiger partial charge in [0.15, 0.2) is 18.0 Å². The molecule has 11 heteroatoms. The minimum atomic E-state index is -1.55. The normalized spacial score (nSPS) is 21.2. The number of carbonyl (C=O) groups is 2. The van der Waals surface area contributed by atoms with E-state index < -0.39 is 46.0 Å². The minimum Gasteiger partial charge on any atom is -0.503 e. The quantitative estimate of drug-likeness (QED) is 0.693. The summed E-state index contributed by atoms with van der Waals surface area (Å²) in [5, 5.41) is 12.9. The Labute approximate surface area is 193 Å². The Morgan fingerprint density at radius 3 is 2.76 bits per heavy atom. The van der Waals surface area contributed by atoms with Crippen LogP contribution >= 0.6 is 0 Å². The van der Waals surface area contributed by atoms with Crippen molar-refractivity contribution in [1.82, 2.24) is 14.8 Å². The molecule has 2 aromatic rings. The molecule has 1 fully saturated rings. The highest BCUT2D eigenvalue weighted by Gasteiger charge is 2.63. The molecule has 2 N–H and O–H groups in total. The zero-order valence-electron chi connectivity index (χ0n) is 18.5. The largest absolute Gasteiger partial charge is 0.503 e. The third-order valence-electron chi connectivity index (χ3n) is 5.95. The first-order valence-corrected chi connectivity index (χ1v) is 10.7. The molecule has 0 radical (unpaired) electrons. The standard InChI is InChI=1S/C23H22F2N4O5/c1-12(2)6-15-10-34-23(26-3)11-28-9-16(19(30)20(31)18(28)22(33)29(15)23)21(32)27-8-13-4-5-14(24)7-17(13)25/h3-5,7,9,12,15H,6,8,10-11H2,1-2H3,(H-,27,31,32,33)/p+1/t15-,23-/m1/s1. The summed E-state index contributed by atoms with van der Waals surface area (Å²) in [4.78, 5) is 43.9. The van der Waals surface area contributed by atoms with E-state index in [1.54, 1.807) is 0 Å². The van der Waals surface area contributed by atoms with Crippen molar-refractivity contribution in [2.75, 3.05) is 6.61 Å². The van der Waals surface area contributed by atoms with Gasteiger partial charge in [-0.15, -0.1) is 0 Å². The lowest BCUT2D eigenvalue weighted by Crippen LogP contribution is -2.57. The van der Waals surface area contributed by atoms with Crippen LogP contribution in [0.25, 0.3) is 4.85 Å². The van der Waals surface area contributed by atoms with Crippen LogP contribution in [0.1, 0.15) is 46.7 Å². The molecule has 0 spiro atoms. The Bertz CT molecular complexity index is 1290. The lowest BCUT2D eigenvalue weighted by atomic mass is 10.0. The molecule has 0 bridgehead atoms. The van der Waals surface area contributed by atoms with Gasteiger partial charge in [0.05, 0.1) is 12.6 Å². The number of pyridine rings is 1. The molecule has 2 aliphatic heterocycles. The van der Waals surface area contributed by atoms with E-state index >= 15 is 0 Å². The Balaban J connectivity index is 1.67. The van der Waals surface area contributed by atoms with Crippen molar-refractivity contribution in [3.8, 4) is 12.3 Å². The number of carbonyl (C=O) groups excluding carboxylic acids is 2. The molecule has 0 saturated carbocycles. The number of rotatable bonds is 5. The summed E-state index contributed by atoms with van der Waals surface area (Å²) >= 11 is 0. The fraction of sp³-hybridized carbons (Fsp3) is 0.391. The van der Waals surface area contributed by atoms with Crippen LogP contribution in [0, 0.1) is 24.1 Å². The van der Waals surface area contributed by atoms with Crippen LogP contribution < -0.4 is 10.7 Å². The monoisotopic (exact) mass is 473 g/mol. The van der Waals surface area contributed by atoms with Crippen molar-refractivity contribution in [3.05, 3.63) is 67.9 Å². The molecule has 1 aromatic heterocycles. The number of aromatic hydroxyl groups is 1. The first kappa shape index (κ1) is 23.4. The van der Waals surface area contributed by atoms with E-state index in [1.807, 2.05) is 13.8 Å². The van der Waals surface area contributed by atoms with Crippen LogP contribution in [0.3, 0.4) is 0 Å². The molecular formula is C23H23F2N4O5+. The summed E-state index contributed by atoms with van der Waals surface area (Å²) in [5.74, 6) is -5.46. The highest BCUT2D eigenvalue weighted by Crippen LogP contribution is 2.39. The van der Waals surface area contributed by atoms with E-state index in [1.165, 1.54) is 9.47 Å². The predicted molar refractivity (Wildman–Crippen MR) is 116 cm³/mol. The predicted octanol–water partition coefficient (Wildman–Crippen LogP) is 2.28. The van der Waals surface area contributed by atoms with Gasteiger partial charge in [0, 0.05) is 24.4 Å². The molecule has 2 aliphatic rings. The Morgan fingerprint density at radius 2 is 2.12 bits per heavy atom. The van der Waals surface area contributed by atoms with Crippen LogP contribution in [0.4, 0.5) is 8.78 Å². The molecule has 3 heterocycles. The Kier molecular flexibility index (Phi) is 5.87. The molecular weight excluding hydrogens is 450 g/mol. The van der Waals surface area contributed by atoms with Gasteiger partial charge in [0.2, 0.25) is 5.43 Å². The molecule has 0 unspecified atom stereocenters. The number of benzene rings is 1. The molecule has 4 rings (SSSR count). The van der Waals surface area contributed by atoms with Gasteiger partial charge < -0.3 is 15.0 Å². The van der Waals surface area contributed by atoms with Gasteiger partial charge in [-0.3, -0.25) is 19.1 Å². The maximum Gasteiger partial charge on any atom is 0.489 e. The minimum absolute atomic E-state index is 0.000659. The summed E-state index contributed by atoms with van der Waals surface area (Å²) < 4.78 is 33.9. The lowest BCUT2D eigenvalue weighted by Gasteiger charge is -2.34. The number of hydrogen-bond donors (Lipinski definition) is 2. The third kappa shape index (κ3) is 3.80. The number of halogens is 2. The molecule has 1 saturated heterocycles. The van der Waals surface area contributed by atoms with Crippen LogP contribution in [0.5, 0.6) is 5.75 Å². The fourth-order valence-corrected chi connectivity index (χ4v) is 4.40. The van der Waals surface area contributed by atoms with E-state index in [9.17, 15) is 28.3 Å². The number of aromatic nitrogens is 1.